The van der Waals surface area contributed by atoms with Crippen LogP contribution in [0.4, 0.5) is 0 Å². The molecule has 2 nitrogen and oxygen atoms in total. The number of hydrogen-bond donors (Lipinski definition) is 0. The molecular weight excluding hydrogens is 280 g/mol. The molecule has 0 aromatic heterocycles. The van der Waals surface area contributed by atoms with E-state index in [2.05, 4.69) is 15.9 Å². The van der Waals surface area contributed by atoms with Crippen LogP contribution >= 0.6 is 15.9 Å². The summed E-state index contributed by atoms with van der Waals surface area (Å²) in [5.74, 6) is 0.611. The van der Waals surface area contributed by atoms with Crippen molar-refractivity contribution < 1.29 is 9.59 Å². The zero-order chi connectivity index (χ0) is 12.3. The van der Waals surface area contributed by atoms with Gasteiger partial charge in [0.05, 0.1) is 0 Å². The van der Waals surface area contributed by atoms with Crippen LogP contribution in [0.15, 0.2) is 28.7 Å². The Morgan fingerprint density at radius 2 is 2.00 bits per heavy atom. The normalized spacial score (nSPS) is 19.6. The number of hydrogen-bond acceptors (Lipinski definition) is 2. The lowest BCUT2D eigenvalue weighted by molar-refractivity contribution is -0.120. The second-order valence-corrected chi connectivity index (χ2v) is 5.44. The predicted octanol–water partition coefficient (Wildman–Crippen LogP) is 3.78. The Morgan fingerprint density at radius 3 is 2.59 bits per heavy atom. The maximum absolute atomic E-state index is 11.9. The van der Waals surface area contributed by atoms with E-state index in [4.69, 9.17) is 0 Å². The fraction of sp³-hybridized carbons (Fsp3) is 0.429. The summed E-state index contributed by atoms with van der Waals surface area (Å²) in [6.07, 6.45) is 3.87. The van der Waals surface area contributed by atoms with E-state index in [0.29, 0.717) is 25.0 Å². The van der Waals surface area contributed by atoms with Crippen molar-refractivity contribution in [1.82, 2.24) is 0 Å². The highest BCUT2D eigenvalue weighted by molar-refractivity contribution is 9.10. The summed E-state index contributed by atoms with van der Waals surface area (Å²) in [4.78, 5) is 23.3. The van der Waals surface area contributed by atoms with Gasteiger partial charge in [0.25, 0.3) is 0 Å². The molecule has 0 N–H and O–H groups in total. The van der Waals surface area contributed by atoms with Gasteiger partial charge in [0.1, 0.15) is 5.78 Å². The Morgan fingerprint density at radius 1 is 1.29 bits per heavy atom. The molecule has 1 aliphatic carbocycles. The van der Waals surface area contributed by atoms with E-state index in [9.17, 15) is 9.59 Å². The zero-order valence-electron chi connectivity index (χ0n) is 9.62. The molecule has 0 bridgehead atoms. The average Bonchev–Trinajstić information content (AvgIpc) is 2.73. The Bertz CT molecular complexity index is 422. The lowest BCUT2D eigenvalue weighted by Gasteiger charge is -2.06. The molecule has 90 valence electrons. The van der Waals surface area contributed by atoms with Crippen molar-refractivity contribution >= 4 is 27.5 Å². The van der Waals surface area contributed by atoms with E-state index < -0.39 is 0 Å². The van der Waals surface area contributed by atoms with Gasteiger partial charge in [-0.05, 0) is 31.4 Å². The summed E-state index contributed by atoms with van der Waals surface area (Å²) in [5, 5.41) is 0. The van der Waals surface area contributed by atoms with E-state index in [1.54, 1.807) is 0 Å². The number of carbonyl (C=O) groups excluding carboxylic acids is 2. The molecule has 17 heavy (non-hydrogen) atoms. The highest BCUT2D eigenvalue weighted by Gasteiger charge is 2.24. The first-order valence-electron chi connectivity index (χ1n) is 5.98. The van der Waals surface area contributed by atoms with Gasteiger partial charge < -0.3 is 0 Å². The lowest BCUT2D eigenvalue weighted by Crippen LogP contribution is -2.09. The van der Waals surface area contributed by atoms with Crippen LogP contribution < -0.4 is 0 Å². The molecule has 1 aromatic rings. The van der Waals surface area contributed by atoms with E-state index in [1.165, 1.54) is 0 Å². The summed E-state index contributed by atoms with van der Waals surface area (Å²) in [6, 6.07) is 7.38. The first kappa shape index (κ1) is 12.5. The largest absolute Gasteiger partial charge is 0.299 e. The average molecular weight is 295 g/mol. The van der Waals surface area contributed by atoms with E-state index in [0.717, 1.165) is 22.9 Å². The molecule has 0 saturated heterocycles. The minimum atomic E-state index is 0.134. The molecule has 0 radical (unpaired) electrons. The molecule has 0 amide bonds. The monoisotopic (exact) mass is 294 g/mol. The van der Waals surface area contributed by atoms with Crippen LogP contribution in [0.3, 0.4) is 0 Å². The molecule has 1 aromatic carbocycles. The van der Waals surface area contributed by atoms with Crippen molar-refractivity contribution in [1.29, 1.82) is 0 Å². The molecule has 1 fully saturated rings. The number of rotatable bonds is 4. The van der Waals surface area contributed by atoms with Gasteiger partial charge in [-0.1, -0.05) is 28.1 Å². The van der Waals surface area contributed by atoms with Crippen LogP contribution in [0.25, 0.3) is 0 Å². The summed E-state index contributed by atoms with van der Waals surface area (Å²) in [5.41, 5.74) is 0.735. The van der Waals surface area contributed by atoms with Gasteiger partial charge in [-0.25, -0.2) is 0 Å². The van der Waals surface area contributed by atoms with Crippen molar-refractivity contribution in [3.05, 3.63) is 34.3 Å². The second kappa shape index (κ2) is 5.58. The minimum absolute atomic E-state index is 0.134. The highest BCUT2D eigenvalue weighted by Crippen LogP contribution is 2.26. The number of benzene rings is 1. The van der Waals surface area contributed by atoms with Crippen LogP contribution in [0.5, 0.6) is 0 Å². The van der Waals surface area contributed by atoms with Gasteiger partial charge in [-0.15, -0.1) is 0 Å². The second-order valence-electron chi connectivity index (χ2n) is 4.52. The molecule has 0 aliphatic heterocycles. The summed E-state index contributed by atoms with van der Waals surface area (Å²) in [6.45, 7) is 0. The predicted molar refractivity (Wildman–Crippen MR) is 70.1 cm³/mol. The van der Waals surface area contributed by atoms with Gasteiger partial charge >= 0.3 is 0 Å². The van der Waals surface area contributed by atoms with E-state index in [1.807, 2.05) is 24.3 Å². The number of halogens is 1. The Balaban J connectivity index is 1.89. The summed E-state index contributed by atoms with van der Waals surface area (Å²) in [7, 11) is 0. The molecule has 0 spiro atoms. The Labute approximate surface area is 110 Å². The van der Waals surface area contributed by atoms with Gasteiger partial charge in [0.2, 0.25) is 0 Å². The van der Waals surface area contributed by atoms with Gasteiger partial charge in [0.15, 0.2) is 5.78 Å². The molecule has 0 heterocycles. The van der Waals surface area contributed by atoms with Crippen LogP contribution in [0.1, 0.15) is 42.5 Å². The third kappa shape index (κ3) is 3.25. The van der Waals surface area contributed by atoms with Crippen molar-refractivity contribution in [2.24, 2.45) is 5.92 Å². The number of carbonyl (C=O) groups is 2. The summed E-state index contributed by atoms with van der Waals surface area (Å²) < 4.78 is 0.972. The standard InChI is InChI=1S/C14H15BrO2/c15-12-7-4-11(5-8-12)14(17)9-6-10-2-1-3-13(10)16/h4-5,7-8,10H,1-3,6,9H2. The molecule has 3 heteroatoms. The Kier molecular flexibility index (Phi) is 4.11. The zero-order valence-corrected chi connectivity index (χ0v) is 11.2. The lowest BCUT2D eigenvalue weighted by atomic mass is 9.97. The molecule has 1 unspecified atom stereocenters. The van der Waals surface area contributed by atoms with Crippen molar-refractivity contribution in [2.75, 3.05) is 0 Å². The van der Waals surface area contributed by atoms with Crippen LogP contribution in [0, 0.1) is 5.92 Å². The molecule has 2 rings (SSSR count). The molecular formula is C14H15BrO2. The van der Waals surface area contributed by atoms with Gasteiger partial charge in [0, 0.05) is 28.8 Å². The van der Waals surface area contributed by atoms with Gasteiger partial charge in [-0.2, -0.15) is 0 Å². The fourth-order valence-electron chi connectivity index (χ4n) is 2.28. The van der Waals surface area contributed by atoms with Crippen molar-refractivity contribution in [2.45, 2.75) is 32.1 Å². The van der Waals surface area contributed by atoms with Crippen LogP contribution in [-0.4, -0.2) is 11.6 Å². The molecule has 1 aliphatic rings. The fourth-order valence-corrected chi connectivity index (χ4v) is 2.54. The van der Waals surface area contributed by atoms with Crippen molar-refractivity contribution in [3.63, 3.8) is 0 Å². The third-order valence-electron chi connectivity index (χ3n) is 3.32. The first-order valence-corrected chi connectivity index (χ1v) is 6.77. The van der Waals surface area contributed by atoms with E-state index in [-0.39, 0.29) is 11.7 Å². The molecule has 1 atom stereocenters. The Hall–Kier alpha value is -0.960. The molecule has 1 saturated carbocycles. The topological polar surface area (TPSA) is 34.1 Å². The first-order chi connectivity index (χ1) is 8.16. The van der Waals surface area contributed by atoms with E-state index >= 15 is 0 Å². The maximum Gasteiger partial charge on any atom is 0.162 e. The minimum Gasteiger partial charge on any atom is -0.299 e. The SMILES string of the molecule is O=C(CCC1CCCC1=O)c1ccc(Br)cc1. The summed E-state index contributed by atoms with van der Waals surface area (Å²) >= 11 is 3.34. The van der Waals surface area contributed by atoms with Crippen molar-refractivity contribution in [3.8, 4) is 0 Å². The van der Waals surface area contributed by atoms with Gasteiger partial charge in [-0.3, -0.25) is 9.59 Å². The third-order valence-corrected chi connectivity index (χ3v) is 3.85. The van der Waals surface area contributed by atoms with Crippen LogP contribution in [-0.2, 0) is 4.79 Å². The number of ketones is 2. The van der Waals surface area contributed by atoms with Crippen LogP contribution in [0.2, 0.25) is 0 Å². The number of Topliss-reactive ketones (excluding diaryl/α,β-unsaturated/α-hetero) is 2. The quantitative estimate of drug-likeness (QED) is 0.792. The smallest absolute Gasteiger partial charge is 0.162 e. The highest BCUT2D eigenvalue weighted by atomic mass is 79.9. The maximum atomic E-state index is 11.9.